The van der Waals surface area contributed by atoms with Crippen molar-refractivity contribution in [1.82, 2.24) is 9.78 Å². The molecule has 0 fully saturated rings. The van der Waals surface area contributed by atoms with E-state index in [1.54, 1.807) is 42.6 Å². The Bertz CT molecular complexity index is 853. The van der Waals surface area contributed by atoms with Crippen LogP contribution in [0.1, 0.15) is 22.8 Å². The second-order valence-electron chi connectivity index (χ2n) is 5.61. The third-order valence-corrected chi connectivity index (χ3v) is 3.58. The van der Waals surface area contributed by atoms with Crippen molar-refractivity contribution >= 4 is 23.2 Å². The predicted molar refractivity (Wildman–Crippen MR) is 96.5 cm³/mol. The first-order chi connectivity index (χ1) is 12.1. The maximum absolute atomic E-state index is 12.3. The molecule has 0 unspecified atom stereocenters. The first-order valence-corrected chi connectivity index (χ1v) is 7.85. The van der Waals surface area contributed by atoms with E-state index in [4.69, 9.17) is 0 Å². The number of nitrogens with zero attached hydrogens (tertiary/aromatic N) is 2. The molecule has 0 atom stereocenters. The number of carbonyl (C=O) groups is 2. The number of amides is 2. The lowest BCUT2D eigenvalue weighted by molar-refractivity contribution is -0.114. The summed E-state index contributed by atoms with van der Waals surface area (Å²) in [6.07, 6.45) is 3.63. The molecule has 3 rings (SSSR count). The SMILES string of the molecule is CC(=O)Nc1ccc(NC(=O)c2ccc(Cn3cccn3)cc2)cc1. The predicted octanol–water partition coefficient (Wildman–Crippen LogP) is 3.14. The first-order valence-electron chi connectivity index (χ1n) is 7.85. The maximum atomic E-state index is 12.3. The van der Waals surface area contributed by atoms with E-state index >= 15 is 0 Å². The van der Waals surface area contributed by atoms with Gasteiger partial charge in [-0.25, -0.2) is 0 Å². The largest absolute Gasteiger partial charge is 0.326 e. The molecule has 1 heterocycles. The van der Waals surface area contributed by atoms with Crippen molar-refractivity contribution in [3.8, 4) is 0 Å². The highest BCUT2D eigenvalue weighted by molar-refractivity contribution is 6.04. The highest BCUT2D eigenvalue weighted by Gasteiger charge is 2.06. The number of hydrogen-bond acceptors (Lipinski definition) is 3. The molecule has 0 saturated carbocycles. The molecule has 0 aliphatic carbocycles. The van der Waals surface area contributed by atoms with Gasteiger partial charge in [-0.15, -0.1) is 0 Å². The molecule has 3 aromatic rings. The molecule has 0 aliphatic rings. The zero-order valence-electron chi connectivity index (χ0n) is 13.8. The van der Waals surface area contributed by atoms with Crippen LogP contribution in [0.15, 0.2) is 67.0 Å². The van der Waals surface area contributed by atoms with Crippen LogP contribution in [0, 0.1) is 0 Å². The number of carbonyl (C=O) groups excluding carboxylic acids is 2. The number of nitrogens with one attached hydrogen (secondary N) is 2. The zero-order chi connectivity index (χ0) is 17.6. The summed E-state index contributed by atoms with van der Waals surface area (Å²) >= 11 is 0. The fraction of sp³-hybridized carbons (Fsp3) is 0.105. The molecule has 0 radical (unpaired) electrons. The second kappa shape index (κ2) is 7.44. The van der Waals surface area contributed by atoms with Crippen molar-refractivity contribution in [2.45, 2.75) is 13.5 Å². The molecule has 0 spiro atoms. The lowest BCUT2D eigenvalue weighted by atomic mass is 10.1. The minimum atomic E-state index is -0.182. The number of aromatic nitrogens is 2. The number of anilines is 2. The summed E-state index contributed by atoms with van der Waals surface area (Å²) in [4.78, 5) is 23.3. The third kappa shape index (κ3) is 4.54. The van der Waals surface area contributed by atoms with Gasteiger partial charge in [-0.05, 0) is 48.0 Å². The number of hydrogen-bond donors (Lipinski definition) is 2. The van der Waals surface area contributed by atoms with Crippen LogP contribution >= 0.6 is 0 Å². The highest BCUT2D eigenvalue weighted by atomic mass is 16.2. The van der Waals surface area contributed by atoms with Crippen molar-refractivity contribution < 1.29 is 9.59 Å². The van der Waals surface area contributed by atoms with E-state index in [0.717, 1.165) is 5.56 Å². The van der Waals surface area contributed by atoms with Crippen molar-refractivity contribution in [2.24, 2.45) is 0 Å². The van der Waals surface area contributed by atoms with E-state index in [1.165, 1.54) is 6.92 Å². The Morgan fingerprint density at radius 3 is 2.16 bits per heavy atom. The molecule has 2 N–H and O–H groups in total. The first kappa shape index (κ1) is 16.4. The van der Waals surface area contributed by atoms with Crippen LogP contribution < -0.4 is 10.6 Å². The van der Waals surface area contributed by atoms with Crippen LogP contribution in [0.3, 0.4) is 0 Å². The minimum Gasteiger partial charge on any atom is -0.326 e. The molecule has 0 bridgehead atoms. The molecule has 2 amide bonds. The van der Waals surface area contributed by atoms with E-state index in [9.17, 15) is 9.59 Å². The topological polar surface area (TPSA) is 76.0 Å². The average molecular weight is 334 g/mol. The van der Waals surface area contributed by atoms with Crippen LogP contribution in [0.4, 0.5) is 11.4 Å². The van der Waals surface area contributed by atoms with Crippen LogP contribution in [-0.4, -0.2) is 21.6 Å². The zero-order valence-corrected chi connectivity index (χ0v) is 13.8. The third-order valence-electron chi connectivity index (χ3n) is 3.58. The fourth-order valence-corrected chi connectivity index (χ4v) is 2.39. The summed E-state index contributed by atoms with van der Waals surface area (Å²) in [5, 5.41) is 9.68. The maximum Gasteiger partial charge on any atom is 0.255 e. The summed E-state index contributed by atoms with van der Waals surface area (Å²) in [5.41, 5.74) is 3.00. The molecule has 6 heteroatoms. The van der Waals surface area contributed by atoms with Crippen LogP contribution in [-0.2, 0) is 11.3 Å². The van der Waals surface area contributed by atoms with Crippen LogP contribution in [0.5, 0.6) is 0 Å². The van der Waals surface area contributed by atoms with E-state index in [1.807, 2.05) is 29.1 Å². The Hall–Kier alpha value is -3.41. The van der Waals surface area contributed by atoms with E-state index < -0.39 is 0 Å². The van der Waals surface area contributed by atoms with Gasteiger partial charge in [0.1, 0.15) is 0 Å². The monoisotopic (exact) mass is 334 g/mol. The standard InChI is InChI=1S/C19H18N4O2/c1-14(24)21-17-7-9-18(10-8-17)22-19(25)16-5-3-15(4-6-16)13-23-12-2-11-20-23/h2-12H,13H2,1H3,(H,21,24)(H,22,25). The Balaban J connectivity index is 1.61. The second-order valence-corrected chi connectivity index (χ2v) is 5.61. The summed E-state index contributed by atoms with van der Waals surface area (Å²) < 4.78 is 1.83. The van der Waals surface area contributed by atoms with E-state index in [0.29, 0.717) is 23.5 Å². The summed E-state index contributed by atoms with van der Waals surface area (Å²) in [6, 6.07) is 16.3. The van der Waals surface area contributed by atoms with Crippen LogP contribution in [0.25, 0.3) is 0 Å². The summed E-state index contributed by atoms with van der Waals surface area (Å²) in [6.45, 7) is 2.12. The summed E-state index contributed by atoms with van der Waals surface area (Å²) in [7, 11) is 0. The van der Waals surface area contributed by atoms with Crippen LogP contribution in [0.2, 0.25) is 0 Å². The van der Waals surface area contributed by atoms with Gasteiger partial charge in [0.05, 0.1) is 6.54 Å². The minimum absolute atomic E-state index is 0.132. The number of benzene rings is 2. The molecule has 0 saturated heterocycles. The molecule has 126 valence electrons. The molecule has 6 nitrogen and oxygen atoms in total. The van der Waals surface area contributed by atoms with Gasteiger partial charge in [0, 0.05) is 36.3 Å². The van der Waals surface area contributed by atoms with E-state index in [2.05, 4.69) is 15.7 Å². The molecular weight excluding hydrogens is 316 g/mol. The molecular formula is C19H18N4O2. The molecule has 1 aromatic heterocycles. The van der Waals surface area contributed by atoms with Crippen molar-refractivity contribution in [3.05, 3.63) is 78.1 Å². The van der Waals surface area contributed by atoms with Gasteiger partial charge in [0.15, 0.2) is 0 Å². The Kier molecular flexibility index (Phi) is 4.89. The highest BCUT2D eigenvalue weighted by Crippen LogP contribution is 2.15. The van der Waals surface area contributed by atoms with Gasteiger partial charge in [-0.1, -0.05) is 12.1 Å². The average Bonchev–Trinajstić information content (AvgIpc) is 3.10. The van der Waals surface area contributed by atoms with Gasteiger partial charge in [0.2, 0.25) is 5.91 Å². The quantitative estimate of drug-likeness (QED) is 0.752. The lowest BCUT2D eigenvalue weighted by Gasteiger charge is -2.08. The number of rotatable bonds is 5. The lowest BCUT2D eigenvalue weighted by Crippen LogP contribution is -2.12. The van der Waals surface area contributed by atoms with Crippen molar-refractivity contribution in [3.63, 3.8) is 0 Å². The smallest absolute Gasteiger partial charge is 0.255 e. The van der Waals surface area contributed by atoms with Crippen molar-refractivity contribution in [2.75, 3.05) is 10.6 Å². The fourth-order valence-electron chi connectivity index (χ4n) is 2.39. The summed E-state index contributed by atoms with van der Waals surface area (Å²) in [5.74, 6) is -0.315. The van der Waals surface area contributed by atoms with Gasteiger partial charge in [-0.2, -0.15) is 5.10 Å². The Morgan fingerprint density at radius 1 is 0.960 bits per heavy atom. The van der Waals surface area contributed by atoms with Crippen molar-refractivity contribution in [1.29, 1.82) is 0 Å². The van der Waals surface area contributed by atoms with Gasteiger partial charge in [-0.3, -0.25) is 14.3 Å². The molecule has 2 aromatic carbocycles. The Labute approximate surface area is 145 Å². The molecule has 25 heavy (non-hydrogen) atoms. The normalized spacial score (nSPS) is 10.3. The molecule has 0 aliphatic heterocycles. The Morgan fingerprint density at radius 2 is 1.60 bits per heavy atom. The van der Waals surface area contributed by atoms with Gasteiger partial charge >= 0.3 is 0 Å². The van der Waals surface area contributed by atoms with Gasteiger partial charge < -0.3 is 10.6 Å². The van der Waals surface area contributed by atoms with E-state index in [-0.39, 0.29) is 11.8 Å². The van der Waals surface area contributed by atoms with Gasteiger partial charge in [0.25, 0.3) is 5.91 Å².